The van der Waals surface area contributed by atoms with Gasteiger partial charge in [0.15, 0.2) is 0 Å². The van der Waals surface area contributed by atoms with Crippen LogP contribution in [-0.2, 0) is 4.79 Å². The van der Waals surface area contributed by atoms with E-state index in [0.29, 0.717) is 17.9 Å². The smallest absolute Gasteiger partial charge is 0.240 e. The molecular weight excluding hydrogens is 220 g/mol. The summed E-state index contributed by atoms with van der Waals surface area (Å²) >= 11 is 1.96. The molecule has 2 saturated heterocycles. The maximum atomic E-state index is 12.4. The molecule has 2 aliphatic heterocycles. The number of carbonyl (C=O) groups is 1. The van der Waals surface area contributed by atoms with Crippen molar-refractivity contribution in [3.63, 3.8) is 0 Å². The Labute approximate surface area is 102 Å². The van der Waals surface area contributed by atoms with Crippen LogP contribution in [0, 0.1) is 5.92 Å². The van der Waals surface area contributed by atoms with Crippen LogP contribution < -0.4 is 5.32 Å². The Hall–Kier alpha value is -0.220. The Morgan fingerprint density at radius 1 is 1.44 bits per heavy atom. The van der Waals surface area contributed by atoms with Crippen molar-refractivity contribution in [3.8, 4) is 0 Å². The molecule has 1 N–H and O–H groups in total. The van der Waals surface area contributed by atoms with E-state index in [1.165, 1.54) is 6.42 Å². The molecule has 3 unspecified atom stereocenters. The van der Waals surface area contributed by atoms with E-state index in [0.717, 1.165) is 31.0 Å². The highest BCUT2D eigenvalue weighted by Crippen LogP contribution is 2.21. The van der Waals surface area contributed by atoms with Gasteiger partial charge in [-0.1, -0.05) is 6.92 Å². The lowest BCUT2D eigenvalue weighted by Gasteiger charge is -2.37. The second-order valence-electron chi connectivity index (χ2n) is 5.09. The molecule has 92 valence electrons. The number of nitrogens with zero attached hydrogens (tertiary/aromatic N) is 1. The summed E-state index contributed by atoms with van der Waals surface area (Å²) < 4.78 is 0. The monoisotopic (exact) mass is 242 g/mol. The molecule has 0 aromatic rings. The van der Waals surface area contributed by atoms with Crippen LogP contribution in [-0.4, -0.2) is 47.5 Å². The Balaban J connectivity index is 1.94. The molecule has 2 rings (SSSR count). The highest BCUT2D eigenvalue weighted by Gasteiger charge is 2.31. The predicted octanol–water partition coefficient (Wildman–Crippen LogP) is 1.34. The third-order valence-corrected chi connectivity index (χ3v) is 4.80. The molecule has 3 atom stereocenters. The fourth-order valence-corrected chi connectivity index (χ4v) is 3.56. The van der Waals surface area contributed by atoms with Gasteiger partial charge in [0.1, 0.15) is 0 Å². The van der Waals surface area contributed by atoms with E-state index in [1.54, 1.807) is 0 Å². The first-order valence-corrected chi connectivity index (χ1v) is 7.45. The number of rotatable bonds is 1. The van der Waals surface area contributed by atoms with Crippen LogP contribution in [0.3, 0.4) is 0 Å². The van der Waals surface area contributed by atoms with Gasteiger partial charge < -0.3 is 10.2 Å². The van der Waals surface area contributed by atoms with Gasteiger partial charge in [-0.15, -0.1) is 0 Å². The summed E-state index contributed by atoms with van der Waals surface area (Å²) in [5.41, 5.74) is 0. The zero-order chi connectivity index (χ0) is 11.5. The summed E-state index contributed by atoms with van der Waals surface area (Å²) in [5.74, 6) is 3.20. The molecular formula is C12H22N2OS. The van der Waals surface area contributed by atoms with E-state index in [2.05, 4.69) is 24.1 Å². The number of hydrogen-bond acceptors (Lipinski definition) is 3. The predicted molar refractivity (Wildman–Crippen MR) is 68.7 cm³/mol. The topological polar surface area (TPSA) is 32.3 Å². The van der Waals surface area contributed by atoms with Crippen molar-refractivity contribution in [3.05, 3.63) is 0 Å². The van der Waals surface area contributed by atoms with Crippen LogP contribution in [0.25, 0.3) is 0 Å². The number of thioether (sulfide) groups is 1. The average molecular weight is 242 g/mol. The molecule has 0 aliphatic carbocycles. The molecule has 2 fully saturated rings. The van der Waals surface area contributed by atoms with E-state index in [1.807, 2.05) is 11.8 Å². The SMILES string of the molecule is CC1CCNC(C(=O)N2CCSCC2C)C1. The molecule has 3 nitrogen and oxygen atoms in total. The van der Waals surface area contributed by atoms with Crippen molar-refractivity contribution < 1.29 is 4.79 Å². The second kappa shape index (κ2) is 5.41. The summed E-state index contributed by atoms with van der Waals surface area (Å²) in [4.78, 5) is 14.4. The van der Waals surface area contributed by atoms with Gasteiger partial charge in [0.25, 0.3) is 0 Å². The van der Waals surface area contributed by atoms with Crippen molar-refractivity contribution in [1.29, 1.82) is 0 Å². The fourth-order valence-electron chi connectivity index (χ4n) is 2.55. The first kappa shape index (κ1) is 12.2. The molecule has 2 heterocycles. The minimum Gasteiger partial charge on any atom is -0.337 e. The summed E-state index contributed by atoms with van der Waals surface area (Å²) in [5, 5.41) is 3.37. The van der Waals surface area contributed by atoms with E-state index in [9.17, 15) is 4.79 Å². The minimum atomic E-state index is 0.0781. The Bertz CT molecular complexity index is 259. The molecule has 16 heavy (non-hydrogen) atoms. The molecule has 0 spiro atoms. The number of carbonyl (C=O) groups excluding carboxylic acids is 1. The zero-order valence-electron chi connectivity index (χ0n) is 10.2. The van der Waals surface area contributed by atoms with Crippen LogP contribution >= 0.6 is 11.8 Å². The lowest BCUT2D eigenvalue weighted by Crippen LogP contribution is -2.54. The van der Waals surface area contributed by atoms with Gasteiger partial charge >= 0.3 is 0 Å². The van der Waals surface area contributed by atoms with Crippen molar-refractivity contribution >= 4 is 17.7 Å². The highest BCUT2D eigenvalue weighted by atomic mass is 32.2. The van der Waals surface area contributed by atoms with Gasteiger partial charge in [0.2, 0.25) is 5.91 Å². The Kier molecular flexibility index (Phi) is 4.14. The number of hydrogen-bond donors (Lipinski definition) is 1. The van der Waals surface area contributed by atoms with Gasteiger partial charge in [-0.3, -0.25) is 4.79 Å². The summed E-state index contributed by atoms with van der Waals surface area (Å²) in [6, 6.07) is 0.486. The van der Waals surface area contributed by atoms with Crippen LogP contribution in [0.2, 0.25) is 0 Å². The van der Waals surface area contributed by atoms with Crippen molar-refractivity contribution in [2.75, 3.05) is 24.6 Å². The van der Waals surface area contributed by atoms with Crippen LogP contribution in [0.15, 0.2) is 0 Å². The Morgan fingerprint density at radius 2 is 2.25 bits per heavy atom. The number of amides is 1. The lowest BCUT2D eigenvalue weighted by atomic mass is 9.93. The van der Waals surface area contributed by atoms with E-state index < -0.39 is 0 Å². The maximum absolute atomic E-state index is 12.4. The first-order chi connectivity index (χ1) is 7.68. The van der Waals surface area contributed by atoms with E-state index >= 15 is 0 Å². The lowest BCUT2D eigenvalue weighted by molar-refractivity contribution is -0.135. The first-order valence-electron chi connectivity index (χ1n) is 6.30. The summed E-state index contributed by atoms with van der Waals surface area (Å²) in [6.45, 7) is 6.33. The molecule has 0 aromatic heterocycles. The van der Waals surface area contributed by atoms with Gasteiger partial charge in [-0.2, -0.15) is 11.8 Å². The second-order valence-corrected chi connectivity index (χ2v) is 6.24. The van der Waals surface area contributed by atoms with Crippen molar-refractivity contribution in [2.24, 2.45) is 5.92 Å². The third kappa shape index (κ3) is 2.72. The number of piperidine rings is 1. The van der Waals surface area contributed by atoms with E-state index in [4.69, 9.17) is 0 Å². The van der Waals surface area contributed by atoms with Crippen LogP contribution in [0.4, 0.5) is 0 Å². The van der Waals surface area contributed by atoms with Crippen LogP contribution in [0.1, 0.15) is 26.7 Å². The van der Waals surface area contributed by atoms with Gasteiger partial charge in [0.05, 0.1) is 6.04 Å². The molecule has 0 saturated carbocycles. The van der Waals surface area contributed by atoms with Gasteiger partial charge in [-0.05, 0) is 32.2 Å². The van der Waals surface area contributed by atoms with Crippen molar-refractivity contribution in [1.82, 2.24) is 10.2 Å². The van der Waals surface area contributed by atoms with E-state index in [-0.39, 0.29) is 6.04 Å². The molecule has 0 aromatic carbocycles. The van der Waals surface area contributed by atoms with Crippen LogP contribution in [0.5, 0.6) is 0 Å². The van der Waals surface area contributed by atoms with Crippen molar-refractivity contribution in [2.45, 2.75) is 38.8 Å². The minimum absolute atomic E-state index is 0.0781. The molecule has 2 aliphatic rings. The normalized spacial score (nSPS) is 36.1. The molecule has 1 amide bonds. The highest BCUT2D eigenvalue weighted by molar-refractivity contribution is 7.99. The van der Waals surface area contributed by atoms with Gasteiger partial charge in [-0.25, -0.2) is 0 Å². The molecule has 4 heteroatoms. The maximum Gasteiger partial charge on any atom is 0.240 e. The quantitative estimate of drug-likeness (QED) is 0.753. The molecule has 0 radical (unpaired) electrons. The largest absolute Gasteiger partial charge is 0.337 e. The zero-order valence-corrected chi connectivity index (χ0v) is 11.1. The average Bonchev–Trinajstić information content (AvgIpc) is 2.29. The fraction of sp³-hybridized carbons (Fsp3) is 0.917. The standard InChI is InChI=1S/C12H22N2OS/c1-9-3-4-13-11(7-9)12(15)14-5-6-16-8-10(14)2/h9-11,13H,3-8H2,1-2H3. The Morgan fingerprint density at radius 3 is 2.94 bits per heavy atom. The number of nitrogens with one attached hydrogen (secondary N) is 1. The van der Waals surface area contributed by atoms with Gasteiger partial charge in [0, 0.05) is 24.1 Å². The summed E-state index contributed by atoms with van der Waals surface area (Å²) in [6.07, 6.45) is 2.21. The third-order valence-electron chi connectivity index (χ3n) is 3.61. The summed E-state index contributed by atoms with van der Waals surface area (Å²) in [7, 11) is 0. The molecule has 0 bridgehead atoms.